The van der Waals surface area contributed by atoms with Crippen molar-refractivity contribution in [2.45, 2.75) is 18.2 Å². The summed E-state index contributed by atoms with van der Waals surface area (Å²) in [6.07, 6.45) is 1.26. The van der Waals surface area contributed by atoms with E-state index in [2.05, 4.69) is 15.9 Å². The molecular formula is C12H18BrNO2S2. The minimum absolute atomic E-state index is 0.0178. The van der Waals surface area contributed by atoms with E-state index in [1.807, 2.05) is 31.2 Å². The minimum Gasteiger partial charge on any atom is -0.327 e. The number of nitrogens with two attached hydrogens (primary N) is 1. The van der Waals surface area contributed by atoms with E-state index < -0.39 is 9.84 Å². The highest BCUT2D eigenvalue weighted by molar-refractivity contribution is 9.10. The van der Waals surface area contributed by atoms with Crippen LogP contribution in [0.15, 0.2) is 28.7 Å². The smallest absolute Gasteiger partial charge is 0.148 e. The largest absolute Gasteiger partial charge is 0.327 e. The van der Waals surface area contributed by atoms with Crippen molar-refractivity contribution in [2.24, 2.45) is 5.73 Å². The number of rotatable bonds is 6. The highest BCUT2D eigenvalue weighted by Crippen LogP contribution is 2.32. The van der Waals surface area contributed by atoms with Crippen LogP contribution in [0.5, 0.6) is 0 Å². The minimum atomic E-state index is -2.90. The Hall–Kier alpha value is -0.0400. The van der Waals surface area contributed by atoms with Crippen LogP contribution in [0.3, 0.4) is 0 Å². The Labute approximate surface area is 122 Å². The van der Waals surface area contributed by atoms with Crippen molar-refractivity contribution in [2.75, 3.05) is 17.8 Å². The van der Waals surface area contributed by atoms with Crippen LogP contribution in [0.4, 0.5) is 0 Å². The van der Waals surface area contributed by atoms with Crippen LogP contribution in [0.2, 0.25) is 0 Å². The molecule has 1 rings (SSSR count). The van der Waals surface area contributed by atoms with E-state index in [0.29, 0.717) is 5.75 Å². The summed E-state index contributed by atoms with van der Waals surface area (Å²) in [6, 6.07) is 7.97. The molecule has 2 unspecified atom stereocenters. The van der Waals surface area contributed by atoms with Gasteiger partial charge in [-0.25, -0.2) is 8.42 Å². The molecule has 1 aromatic rings. The Morgan fingerprint density at radius 3 is 2.33 bits per heavy atom. The molecular weight excluding hydrogens is 334 g/mol. The molecule has 2 N–H and O–H groups in total. The molecule has 0 aliphatic rings. The SMILES string of the molecule is CC(N)C(SCCS(C)(=O)=O)c1ccc(Br)cc1. The lowest BCUT2D eigenvalue weighted by atomic mass is 10.1. The van der Waals surface area contributed by atoms with Gasteiger partial charge in [-0.1, -0.05) is 28.1 Å². The highest BCUT2D eigenvalue weighted by Gasteiger charge is 2.17. The predicted molar refractivity (Wildman–Crippen MR) is 82.7 cm³/mol. The van der Waals surface area contributed by atoms with E-state index in [4.69, 9.17) is 5.73 Å². The normalized spacial score (nSPS) is 15.3. The third-order valence-electron chi connectivity index (χ3n) is 2.43. The number of hydrogen-bond donors (Lipinski definition) is 1. The molecule has 18 heavy (non-hydrogen) atoms. The van der Waals surface area contributed by atoms with Crippen molar-refractivity contribution < 1.29 is 8.42 Å². The topological polar surface area (TPSA) is 60.2 Å². The maximum atomic E-state index is 11.1. The summed E-state index contributed by atoms with van der Waals surface area (Å²) in [5.74, 6) is 0.762. The fourth-order valence-corrected chi connectivity index (χ4v) is 4.30. The molecule has 2 atom stereocenters. The van der Waals surface area contributed by atoms with Crippen molar-refractivity contribution in [1.29, 1.82) is 0 Å². The number of hydrogen-bond acceptors (Lipinski definition) is 4. The molecule has 0 bridgehead atoms. The zero-order valence-electron chi connectivity index (χ0n) is 10.5. The fraction of sp³-hybridized carbons (Fsp3) is 0.500. The second-order valence-corrected chi connectivity index (χ2v) is 8.76. The molecule has 102 valence electrons. The van der Waals surface area contributed by atoms with E-state index in [1.54, 1.807) is 11.8 Å². The first-order valence-electron chi connectivity index (χ1n) is 5.60. The molecule has 1 aromatic carbocycles. The molecule has 0 saturated carbocycles. The number of benzene rings is 1. The van der Waals surface area contributed by atoms with Gasteiger partial charge in [0.2, 0.25) is 0 Å². The van der Waals surface area contributed by atoms with Crippen molar-refractivity contribution in [3.63, 3.8) is 0 Å². The van der Waals surface area contributed by atoms with Gasteiger partial charge in [-0.15, -0.1) is 0 Å². The highest BCUT2D eigenvalue weighted by atomic mass is 79.9. The van der Waals surface area contributed by atoms with Gasteiger partial charge in [-0.3, -0.25) is 0 Å². The molecule has 0 aliphatic heterocycles. The molecule has 0 fully saturated rings. The number of thioether (sulfide) groups is 1. The Bertz CT molecular complexity index is 471. The van der Waals surface area contributed by atoms with Gasteiger partial charge < -0.3 is 5.73 Å². The van der Waals surface area contributed by atoms with Gasteiger partial charge in [0.25, 0.3) is 0 Å². The van der Waals surface area contributed by atoms with Crippen LogP contribution in [0.25, 0.3) is 0 Å². The van der Waals surface area contributed by atoms with E-state index >= 15 is 0 Å². The standard InChI is InChI=1S/C12H18BrNO2S2/c1-9(14)12(17-7-8-18(2,15)16)10-3-5-11(13)6-4-10/h3-6,9,12H,7-8,14H2,1-2H3. The fourth-order valence-electron chi connectivity index (χ4n) is 1.53. The molecule has 0 radical (unpaired) electrons. The van der Waals surface area contributed by atoms with Gasteiger partial charge in [-0.2, -0.15) is 11.8 Å². The second-order valence-electron chi connectivity index (χ2n) is 4.33. The summed E-state index contributed by atoms with van der Waals surface area (Å²) >= 11 is 4.99. The van der Waals surface area contributed by atoms with Crippen LogP contribution in [0.1, 0.15) is 17.7 Å². The average molecular weight is 352 g/mol. The summed E-state index contributed by atoms with van der Waals surface area (Å²) in [5.41, 5.74) is 7.11. The molecule has 0 aliphatic carbocycles. The van der Waals surface area contributed by atoms with Crippen molar-refractivity contribution >= 4 is 37.5 Å². The summed E-state index contributed by atoms with van der Waals surface area (Å²) < 4.78 is 23.2. The third kappa shape index (κ3) is 5.73. The van der Waals surface area contributed by atoms with E-state index in [-0.39, 0.29) is 17.0 Å². The molecule has 6 heteroatoms. The Morgan fingerprint density at radius 1 is 1.33 bits per heavy atom. The molecule has 3 nitrogen and oxygen atoms in total. The summed E-state index contributed by atoms with van der Waals surface area (Å²) in [6.45, 7) is 1.94. The lowest BCUT2D eigenvalue weighted by molar-refractivity contribution is 0.603. The summed E-state index contributed by atoms with van der Waals surface area (Å²) in [4.78, 5) is 0. The number of sulfone groups is 1. The van der Waals surface area contributed by atoms with E-state index in [0.717, 1.165) is 10.0 Å². The summed E-state index contributed by atoms with van der Waals surface area (Å²) in [5, 5.41) is 0.125. The zero-order chi connectivity index (χ0) is 13.8. The van der Waals surface area contributed by atoms with Crippen molar-refractivity contribution in [3.8, 4) is 0 Å². The first-order valence-corrected chi connectivity index (χ1v) is 9.50. The van der Waals surface area contributed by atoms with Gasteiger partial charge in [-0.05, 0) is 24.6 Å². The maximum absolute atomic E-state index is 11.1. The van der Waals surface area contributed by atoms with Gasteiger partial charge in [0.15, 0.2) is 0 Å². The van der Waals surface area contributed by atoms with E-state index in [9.17, 15) is 8.42 Å². The second kappa shape index (κ2) is 6.93. The van der Waals surface area contributed by atoms with Crippen LogP contribution in [-0.4, -0.2) is 32.2 Å². The first-order chi connectivity index (χ1) is 8.29. The lowest BCUT2D eigenvalue weighted by Crippen LogP contribution is -2.23. The van der Waals surface area contributed by atoms with Crippen molar-refractivity contribution in [1.82, 2.24) is 0 Å². The molecule has 0 amide bonds. The Morgan fingerprint density at radius 2 is 1.89 bits per heavy atom. The van der Waals surface area contributed by atoms with Crippen LogP contribution < -0.4 is 5.73 Å². The summed E-state index contributed by atoms with van der Waals surface area (Å²) in [7, 11) is -2.90. The van der Waals surface area contributed by atoms with Crippen molar-refractivity contribution in [3.05, 3.63) is 34.3 Å². The lowest BCUT2D eigenvalue weighted by Gasteiger charge is -2.20. The molecule has 0 spiro atoms. The van der Waals surface area contributed by atoms with Gasteiger partial charge in [0, 0.05) is 27.8 Å². The van der Waals surface area contributed by atoms with E-state index in [1.165, 1.54) is 6.26 Å². The van der Waals surface area contributed by atoms with Crippen LogP contribution >= 0.6 is 27.7 Å². The average Bonchev–Trinajstić information content (AvgIpc) is 2.24. The molecule has 0 heterocycles. The Kier molecular flexibility index (Phi) is 6.17. The quantitative estimate of drug-likeness (QED) is 0.855. The van der Waals surface area contributed by atoms with Gasteiger partial charge in [0.1, 0.15) is 9.84 Å². The first kappa shape index (κ1) is 16.0. The number of halogens is 1. The van der Waals surface area contributed by atoms with Gasteiger partial charge >= 0.3 is 0 Å². The predicted octanol–water partition coefficient (Wildman–Crippen LogP) is 2.62. The molecule has 0 aromatic heterocycles. The monoisotopic (exact) mass is 351 g/mol. The van der Waals surface area contributed by atoms with Crippen LogP contribution in [0, 0.1) is 0 Å². The molecule has 0 saturated heterocycles. The van der Waals surface area contributed by atoms with Gasteiger partial charge in [0.05, 0.1) is 5.75 Å². The Balaban J connectivity index is 2.69. The third-order valence-corrected chi connectivity index (χ3v) is 5.66. The maximum Gasteiger partial charge on any atom is 0.148 e. The zero-order valence-corrected chi connectivity index (χ0v) is 13.7. The van der Waals surface area contributed by atoms with Crippen LogP contribution in [-0.2, 0) is 9.84 Å².